The molecule has 0 fully saturated rings. The van der Waals surface area contributed by atoms with Gasteiger partial charge in [0.2, 0.25) is 5.78 Å². The van der Waals surface area contributed by atoms with E-state index >= 15 is 0 Å². The van der Waals surface area contributed by atoms with Crippen LogP contribution in [0, 0.1) is 0 Å². The van der Waals surface area contributed by atoms with Crippen LogP contribution in [0.5, 0.6) is 5.75 Å². The first-order valence-electron chi connectivity index (χ1n) is 20.3. The number of hydrogen-bond donors (Lipinski definition) is 1. The summed E-state index contributed by atoms with van der Waals surface area (Å²) in [5.41, 5.74) is -1.55. The lowest BCUT2D eigenvalue weighted by atomic mass is 10.0. The smallest absolute Gasteiger partial charge is 0.338 e. The molecule has 0 saturated carbocycles. The fourth-order valence-corrected chi connectivity index (χ4v) is 6.79. The van der Waals surface area contributed by atoms with Gasteiger partial charge in [-0.3, -0.25) is 28.1 Å². The molecule has 15 heteroatoms. The molecule has 2 aromatic carbocycles. The van der Waals surface area contributed by atoms with Crippen molar-refractivity contribution >= 4 is 46.1 Å². The molecular formula is C43H58ClN5O9. The molecule has 1 N–H and O–H groups in total. The summed E-state index contributed by atoms with van der Waals surface area (Å²) in [6.07, 6.45) is 13.9. The third kappa shape index (κ3) is 11.9. The van der Waals surface area contributed by atoms with Crippen molar-refractivity contribution in [2.75, 3.05) is 38.9 Å². The number of anilines is 1. The maximum absolute atomic E-state index is 14.3. The lowest BCUT2D eigenvalue weighted by Crippen LogP contribution is -2.48. The number of nitrogens with zero attached hydrogens (tertiary/aromatic N) is 4. The molecule has 2 heterocycles. The fraction of sp³-hybridized carbons (Fsp3) is 0.535. The summed E-state index contributed by atoms with van der Waals surface area (Å²) >= 11 is 7.11. The van der Waals surface area contributed by atoms with Crippen molar-refractivity contribution in [3.05, 3.63) is 86.8 Å². The Morgan fingerprint density at radius 3 is 1.97 bits per heavy atom. The Balaban J connectivity index is 1.55. The van der Waals surface area contributed by atoms with Crippen LogP contribution >= 0.6 is 11.6 Å². The van der Waals surface area contributed by atoms with Crippen molar-refractivity contribution in [2.45, 2.75) is 102 Å². The highest BCUT2D eigenvalue weighted by Crippen LogP contribution is 2.32. The normalized spacial score (nSPS) is 12.5. The van der Waals surface area contributed by atoms with Crippen LogP contribution < -0.4 is 21.3 Å². The molecule has 0 aliphatic carbocycles. The van der Waals surface area contributed by atoms with Gasteiger partial charge in [0.05, 0.1) is 25.9 Å². The zero-order valence-electron chi connectivity index (χ0n) is 34.4. The van der Waals surface area contributed by atoms with Crippen molar-refractivity contribution in [1.82, 2.24) is 18.7 Å². The van der Waals surface area contributed by atoms with Gasteiger partial charge in [0.25, 0.3) is 16.5 Å². The van der Waals surface area contributed by atoms with Crippen molar-refractivity contribution in [1.29, 1.82) is 0 Å². The van der Waals surface area contributed by atoms with E-state index in [4.69, 9.17) is 30.5 Å². The van der Waals surface area contributed by atoms with Crippen LogP contribution in [0.3, 0.4) is 0 Å². The number of alkyl halides is 1. The molecular weight excluding hydrogens is 766 g/mol. The number of nitrogens with one attached hydrogen (secondary N) is 1. The van der Waals surface area contributed by atoms with Crippen LogP contribution in [0.4, 0.5) is 5.69 Å². The van der Waals surface area contributed by atoms with Crippen LogP contribution in [0.15, 0.2) is 64.4 Å². The van der Waals surface area contributed by atoms with Gasteiger partial charge in [-0.25, -0.2) is 14.6 Å². The molecule has 4 rings (SSSR count). The number of Topliss-reactive ketones (excluding diaryl/α,β-unsaturated/α-hetero) is 1. The van der Waals surface area contributed by atoms with Crippen molar-refractivity contribution in [3.8, 4) is 5.75 Å². The molecule has 4 aromatic rings. The number of amides is 1. The third-order valence-electron chi connectivity index (χ3n) is 9.95. The highest BCUT2D eigenvalue weighted by molar-refractivity contribution is 6.47. The average molecular weight is 824 g/mol. The Bertz CT molecular complexity index is 2060. The van der Waals surface area contributed by atoms with Crippen LogP contribution in [-0.2, 0) is 38.1 Å². The lowest BCUT2D eigenvalue weighted by Gasteiger charge is -2.27. The number of aryl methyl sites for hydroxylation is 1. The highest BCUT2D eigenvalue weighted by atomic mass is 35.5. The number of carbonyl (C=O) groups is 3. The van der Waals surface area contributed by atoms with Crippen LogP contribution in [-0.4, -0.2) is 76.0 Å². The monoisotopic (exact) mass is 823 g/mol. The Labute approximate surface area is 344 Å². The average Bonchev–Trinajstić information content (AvgIpc) is 3.69. The molecule has 0 bridgehead atoms. The number of hydrogen-bond acceptors (Lipinski definition) is 10. The second-order valence-corrected chi connectivity index (χ2v) is 15.0. The summed E-state index contributed by atoms with van der Waals surface area (Å²) in [7, 11) is 4.14. The Morgan fingerprint density at radius 1 is 0.793 bits per heavy atom. The standard InChI is InChI=1S/C43H58ClN5O9/c1-6-8-10-12-14-16-25-56-28-35(29-57-26-17-15-13-11-9-7-2)58-40(52)32-19-18-20-33(27-32)46-41(53)43(44,37(50)31-21-23-34(55-5)24-22-31)49-30-45-38-36(49)39(51)48(4)42(54)47(38)3/h18-24,27,30,35H,6-17,25-26,28-29H2,1-5H3,(H,46,53). The van der Waals surface area contributed by atoms with Gasteiger partial charge in [0.1, 0.15) is 18.2 Å². The van der Waals surface area contributed by atoms with Crippen molar-refractivity contribution < 1.29 is 33.3 Å². The molecule has 0 aliphatic heterocycles. The minimum Gasteiger partial charge on any atom is -0.497 e. The van der Waals surface area contributed by atoms with Gasteiger partial charge in [0, 0.05) is 38.6 Å². The second-order valence-electron chi connectivity index (χ2n) is 14.4. The van der Waals surface area contributed by atoms with Gasteiger partial charge in [0.15, 0.2) is 11.2 Å². The number of halogens is 1. The number of benzene rings is 2. The Hall–Kier alpha value is -4.79. The maximum Gasteiger partial charge on any atom is 0.338 e. The molecule has 2 aromatic heterocycles. The summed E-state index contributed by atoms with van der Waals surface area (Å²) in [5, 5.41) is 2.65. The highest BCUT2D eigenvalue weighted by Gasteiger charge is 2.48. The van der Waals surface area contributed by atoms with E-state index in [1.54, 1.807) is 6.07 Å². The van der Waals surface area contributed by atoms with E-state index < -0.39 is 40.0 Å². The molecule has 58 heavy (non-hydrogen) atoms. The van der Waals surface area contributed by atoms with Gasteiger partial charge < -0.3 is 24.3 Å². The molecule has 14 nitrogen and oxygen atoms in total. The number of fused-ring (bicyclic) bond motifs is 1. The second kappa shape index (κ2) is 23.0. The number of unbranched alkanes of at least 4 members (excludes halogenated alkanes) is 10. The Kier molecular flexibility index (Phi) is 18.2. The predicted molar refractivity (Wildman–Crippen MR) is 224 cm³/mol. The Morgan fingerprint density at radius 2 is 1.38 bits per heavy atom. The first-order chi connectivity index (χ1) is 28.0. The summed E-state index contributed by atoms with van der Waals surface area (Å²) < 4.78 is 25.8. The van der Waals surface area contributed by atoms with E-state index in [0.717, 1.165) is 58.6 Å². The zero-order chi connectivity index (χ0) is 42.1. The lowest BCUT2D eigenvalue weighted by molar-refractivity contribution is -0.119. The number of methoxy groups -OCH3 is 1. The first-order valence-corrected chi connectivity index (χ1v) is 20.6. The largest absolute Gasteiger partial charge is 0.497 e. The SMILES string of the molecule is CCCCCCCCOCC(COCCCCCCCC)OC(=O)c1cccc(NC(=O)C(Cl)(C(=O)c2ccc(OC)cc2)n2cnc3c2c(=O)n(C)c(=O)n3C)c1. The van der Waals surface area contributed by atoms with E-state index in [9.17, 15) is 24.0 Å². The molecule has 1 unspecified atom stereocenters. The van der Waals surface area contributed by atoms with Crippen LogP contribution in [0.2, 0.25) is 0 Å². The third-order valence-corrected chi connectivity index (χ3v) is 10.5. The number of esters is 1. The number of imidazole rings is 1. The summed E-state index contributed by atoms with van der Waals surface area (Å²) in [6, 6.07) is 11.9. The van der Waals surface area contributed by atoms with E-state index in [1.807, 2.05) is 0 Å². The zero-order valence-corrected chi connectivity index (χ0v) is 35.2. The number of carbonyl (C=O) groups excluding carboxylic acids is 3. The van der Waals surface area contributed by atoms with Gasteiger partial charge >= 0.3 is 11.7 Å². The molecule has 0 radical (unpaired) electrons. The van der Waals surface area contributed by atoms with E-state index in [2.05, 4.69) is 24.1 Å². The van der Waals surface area contributed by atoms with E-state index in [0.29, 0.717) is 19.0 Å². The fourth-order valence-electron chi connectivity index (χ4n) is 6.51. The minimum atomic E-state index is -2.63. The van der Waals surface area contributed by atoms with Crippen molar-refractivity contribution in [2.24, 2.45) is 14.1 Å². The molecule has 1 amide bonds. The molecule has 0 aliphatic rings. The molecule has 0 saturated heterocycles. The van der Waals surface area contributed by atoms with Crippen molar-refractivity contribution in [3.63, 3.8) is 0 Å². The van der Waals surface area contributed by atoms with Gasteiger partial charge in [-0.1, -0.05) is 95.7 Å². The molecule has 1 atom stereocenters. The van der Waals surface area contributed by atoms with Gasteiger partial charge in [-0.2, -0.15) is 0 Å². The van der Waals surface area contributed by atoms with E-state index in [-0.39, 0.29) is 41.2 Å². The minimum absolute atomic E-state index is 0.0234. The summed E-state index contributed by atoms with van der Waals surface area (Å²) in [5.74, 6) is -2.16. The number of ether oxygens (including phenoxy) is 4. The summed E-state index contributed by atoms with van der Waals surface area (Å²) in [4.78, 5) is 69.9. The quantitative estimate of drug-likeness (QED) is 0.0227. The first kappa shape index (κ1) is 45.9. The number of aromatic nitrogens is 4. The topological polar surface area (TPSA) is 162 Å². The van der Waals surface area contributed by atoms with E-state index in [1.165, 1.54) is 102 Å². The van der Waals surface area contributed by atoms with Crippen LogP contribution in [0.1, 0.15) is 112 Å². The number of ketones is 1. The molecule has 316 valence electrons. The number of rotatable bonds is 26. The van der Waals surface area contributed by atoms with Gasteiger partial charge in [-0.15, -0.1) is 0 Å². The molecule has 0 spiro atoms. The predicted octanol–water partition coefficient (Wildman–Crippen LogP) is 7.14. The summed E-state index contributed by atoms with van der Waals surface area (Å²) in [6.45, 7) is 5.79. The van der Waals surface area contributed by atoms with Gasteiger partial charge in [-0.05, 0) is 55.3 Å². The van der Waals surface area contributed by atoms with Crippen LogP contribution in [0.25, 0.3) is 11.2 Å². The maximum atomic E-state index is 14.3.